The summed E-state index contributed by atoms with van der Waals surface area (Å²) >= 11 is 1.64. The molecule has 3 heterocycles. The minimum absolute atomic E-state index is 0.106. The van der Waals surface area contributed by atoms with Crippen LogP contribution in [-0.2, 0) is 11.2 Å². The van der Waals surface area contributed by atoms with Crippen LogP contribution in [0.25, 0.3) is 11.3 Å². The van der Waals surface area contributed by atoms with Crippen LogP contribution in [0, 0.1) is 0 Å². The number of benzene rings is 2. The highest BCUT2D eigenvalue weighted by Gasteiger charge is 2.20. The van der Waals surface area contributed by atoms with Gasteiger partial charge in [0.25, 0.3) is 5.91 Å². The molecular weight excluding hydrogens is 430 g/mol. The van der Waals surface area contributed by atoms with Crippen molar-refractivity contribution in [3.63, 3.8) is 0 Å². The van der Waals surface area contributed by atoms with Crippen LogP contribution in [0.3, 0.4) is 0 Å². The van der Waals surface area contributed by atoms with Gasteiger partial charge in [-0.25, -0.2) is 10.4 Å². The number of para-hydroxylation sites is 1. The molecule has 7 heteroatoms. The Labute approximate surface area is 199 Å². The third-order valence-electron chi connectivity index (χ3n) is 6.23. The van der Waals surface area contributed by atoms with Gasteiger partial charge in [-0.05, 0) is 43.7 Å². The van der Waals surface area contributed by atoms with Crippen LogP contribution < -0.4 is 15.2 Å². The lowest BCUT2D eigenvalue weighted by Crippen LogP contribution is -2.38. The van der Waals surface area contributed by atoms with Crippen molar-refractivity contribution in [2.24, 2.45) is 5.10 Å². The highest BCUT2D eigenvalue weighted by molar-refractivity contribution is 7.17. The van der Waals surface area contributed by atoms with Gasteiger partial charge in [0.1, 0.15) is 0 Å². The molecule has 3 aromatic rings. The lowest BCUT2D eigenvalue weighted by molar-refractivity contribution is -0.119. The summed E-state index contributed by atoms with van der Waals surface area (Å²) in [6, 6.07) is 18.5. The van der Waals surface area contributed by atoms with Crippen LogP contribution in [0.4, 0.5) is 10.8 Å². The molecule has 5 rings (SSSR count). The Balaban J connectivity index is 1.29. The number of amides is 1. The number of piperidine rings is 1. The number of anilines is 2. The number of hydrogen-bond donors (Lipinski definition) is 1. The van der Waals surface area contributed by atoms with E-state index in [-0.39, 0.29) is 5.91 Å². The first-order chi connectivity index (χ1) is 16.3. The van der Waals surface area contributed by atoms with Gasteiger partial charge in [0.15, 0.2) is 5.13 Å². The van der Waals surface area contributed by atoms with Crippen molar-refractivity contribution in [3.05, 3.63) is 65.0 Å². The molecule has 0 atom stereocenters. The molecule has 1 saturated heterocycles. The maximum Gasteiger partial charge on any atom is 0.259 e. The van der Waals surface area contributed by atoms with Crippen molar-refractivity contribution in [2.75, 3.05) is 36.0 Å². The molecule has 0 radical (unpaired) electrons. The number of hydrogen-bond acceptors (Lipinski definition) is 6. The van der Waals surface area contributed by atoms with Crippen molar-refractivity contribution in [3.8, 4) is 11.3 Å². The topological polar surface area (TPSA) is 60.8 Å². The lowest BCUT2D eigenvalue weighted by atomic mass is 10.0. The molecule has 0 saturated carbocycles. The second-order valence-corrected chi connectivity index (χ2v) is 9.58. The summed E-state index contributed by atoms with van der Waals surface area (Å²) in [5, 5.41) is 5.34. The van der Waals surface area contributed by atoms with Crippen LogP contribution in [-0.4, -0.2) is 43.3 Å². The van der Waals surface area contributed by atoms with E-state index in [4.69, 9.17) is 4.98 Å². The van der Waals surface area contributed by atoms with Crippen molar-refractivity contribution in [1.82, 2.24) is 10.4 Å². The van der Waals surface area contributed by atoms with Gasteiger partial charge < -0.3 is 9.80 Å². The molecule has 1 fully saturated rings. The number of carbonyl (C=O) groups is 1. The highest BCUT2D eigenvalue weighted by Crippen LogP contribution is 2.33. The fraction of sp³-hybridized carbons (Fsp3) is 0.346. The molecule has 2 aliphatic rings. The summed E-state index contributed by atoms with van der Waals surface area (Å²) in [5.41, 5.74) is 7.18. The van der Waals surface area contributed by atoms with Crippen molar-refractivity contribution in [1.29, 1.82) is 0 Å². The fourth-order valence-electron chi connectivity index (χ4n) is 4.58. The number of nitrogens with one attached hydrogen (secondary N) is 1. The van der Waals surface area contributed by atoms with Gasteiger partial charge in [0.05, 0.1) is 23.3 Å². The minimum atomic E-state index is -0.106. The van der Waals surface area contributed by atoms with Gasteiger partial charge in [-0.1, -0.05) is 59.9 Å². The zero-order valence-corrected chi connectivity index (χ0v) is 19.6. The fourth-order valence-corrected chi connectivity index (χ4v) is 5.59. The average Bonchev–Trinajstić information content (AvgIpc) is 3.30. The van der Waals surface area contributed by atoms with Gasteiger partial charge in [0.2, 0.25) is 0 Å². The largest absolute Gasteiger partial charge is 0.362 e. The van der Waals surface area contributed by atoms with E-state index in [1.807, 2.05) is 24.3 Å². The van der Waals surface area contributed by atoms with E-state index in [9.17, 15) is 4.79 Å². The maximum absolute atomic E-state index is 12.6. The molecule has 1 aromatic heterocycles. The van der Waals surface area contributed by atoms with Crippen LogP contribution in [0.15, 0.2) is 59.7 Å². The van der Waals surface area contributed by atoms with Gasteiger partial charge in [-0.3, -0.25) is 4.79 Å². The van der Waals surface area contributed by atoms with E-state index < -0.39 is 0 Å². The number of nitrogens with zero attached hydrogens (tertiary/aromatic N) is 4. The smallest absolute Gasteiger partial charge is 0.259 e. The third-order valence-corrected chi connectivity index (χ3v) is 7.28. The van der Waals surface area contributed by atoms with E-state index in [1.54, 1.807) is 17.6 Å². The molecule has 0 spiro atoms. The van der Waals surface area contributed by atoms with Crippen LogP contribution in [0.2, 0.25) is 0 Å². The summed E-state index contributed by atoms with van der Waals surface area (Å²) in [7, 11) is 0. The van der Waals surface area contributed by atoms with E-state index in [0.29, 0.717) is 6.54 Å². The Morgan fingerprint density at radius 1 is 1.00 bits per heavy atom. The molecule has 170 valence electrons. The van der Waals surface area contributed by atoms with Gasteiger partial charge in [-0.15, -0.1) is 0 Å². The molecule has 1 N–H and O–H groups in total. The first-order valence-electron chi connectivity index (χ1n) is 11.7. The molecule has 2 aromatic carbocycles. The van der Waals surface area contributed by atoms with Crippen molar-refractivity contribution < 1.29 is 4.79 Å². The number of hydrazone groups is 1. The molecule has 6 nitrogen and oxygen atoms in total. The van der Waals surface area contributed by atoms with E-state index in [1.165, 1.54) is 24.8 Å². The Hall–Kier alpha value is -3.19. The lowest BCUT2D eigenvalue weighted by Gasteiger charge is -2.30. The van der Waals surface area contributed by atoms with Crippen molar-refractivity contribution >= 4 is 34.3 Å². The number of aryl methyl sites for hydroxylation is 1. The zero-order valence-electron chi connectivity index (χ0n) is 18.7. The summed E-state index contributed by atoms with van der Waals surface area (Å²) in [5.74, 6) is -0.106. The van der Waals surface area contributed by atoms with Gasteiger partial charge >= 0.3 is 0 Å². The summed E-state index contributed by atoms with van der Waals surface area (Å²) in [6.07, 6.45) is 7.58. The molecule has 0 unspecified atom stereocenters. The van der Waals surface area contributed by atoms with E-state index in [0.717, 1.165) is 59.4 Å². The Morgan fingerprint density at radius 3 is 2.64 bits per heavy atom. The first kappa shape index (κ1) is 21.6. The van der Waals surface area contributed by atoms with E-state index in [2.05, 4.69) is 50.7 Å². The molecule has 2 aliphatic heterocycles. The van der Waals surface area contributed by atoms with Crippen LogP contribution >= 0.6 is 11.3 Å². The first-order valence-corrected chi connectivity index (χ1v) is 12.6. The van der Waals surface area contributed by atoms with E-state index >= 15 is 0 Å². The normalized spacial score (nSPS) is 16.1. The Morgan fingerprint density at radius 2 is 1.79 bits per heavy atom. The van der Waals surface area contributed by atoms with Crippen LogP contribution in [0.1, 0.15) is 36.1 Å². The Bertz CT molecular complexity index is 1120. The number of rotatable bonds is 6. The molecule has 0 bridgehead atoms. The standard InChI is InChI=1S/C26H29N5OS/c32-24(19-31-17-9-13-20-10-5-6-14-22(20)31)29-27-18-23-25(21-11-3-1-4-12-21)28-26(33-23)30-15-7-2-8-16-30/h1,3-6,10-12,14,18H,2,7-9,13,15-17,19H2,(H,29,32)/b27-18-. The second kappa shape index (κ2) is 10.2. The van der Waals surface area contributed by atoms with Crippen LogP contribution in [0.5, 0.6) is 0 Å². The maximum atomic E-state index is 12.6. The minimum Gasteiger partial charge on any atom is -0.362 e. The molecular formula is C26H29N5OS. The summed E-state index contributed by atoms with van der Waals surface area (Å²) < 4.78 is 0. The molecule has 0 aliphatic carbocycles. The zero-order chi connectivity index (χ0) is 22.5. The quantitative estimate of drug-likeness (QED) is 0.429. The highest BCUT2D eigenvalue weighted by atomic mass is 32.1. The number of carbonyl (C=O) groups excluding carboxylic acids is 1. The Kier molecular flexibility index (Phi) is 6.67. The molecule has 1 amide bonds. The van der Waals surface area contributed by atoms with Gasteiger partial charge in [0, 0.05) is 30.9 Å². The number of thiazole rings is 1. The molecule has 33 heavy (non-hydrogen) atoms. The predicted molar refractivity (Wildman–Crippen MR) is 136 cm³/mol. The average molecular weight is 460 g/mol. The second-order valence-electron chi connectivity index (χ2n) is 8.57. The van der Waals surface area contributed by atoms with Crippen molar-refractivity contribution in [2.45, 2.75) is 32.1 Å². The SMILES string of the molecule is O=C(CN1CCCc2ccccc21)N/N=C\c1sc(N2CCCCC2)nc1-c1ccccc1. The number of aromatic nitrogens is 1. The number of fused-ring (bicyclic) bond motifs is 1. The predicted octanol–water partition coefficient (Wildman–Crippen LogP) is 4.70. The van der Waals surface area contributed by atoms with Gasteiger partial charge in [-0.2, -0.15) is 5.10 Å². The third kappa shape index (κ3) is 5.09. The summed E-state index contributed by atoms with van der Waals surface area (Å²) in [6.45, 7) is 3.29. The monoisotopic (exact) mass is 459 g/mol. The summed E-state index contributed by atoms with van der Waals surface area (Å²) in [4.78, 5) is 23.1.